The number of aromatic nitrogens is 1. The number of piperidine rings is 1. The van der Waals surface area contributed by atoms with E-state index in [0.717, 1.165) is 41.0 Å². The number of phenols is 1. The number of halogens is 1. The number of nitrogens with zero attached hydrogens (tertiary/aromatic N) is 1. The van der Waals surface area contributed by atoms with Crippen LogP contribution in [0.2, 0.25) is 0 Å². The summed E-state index contributed by atoms with van der Waals surface area (Å²) in [5, 5.41) is 11.8. The number of carbonyl (C=O) groups is 1. The van der Waals surface area contributed by atoms with Gasteiger partial charge in [-0.25, -0.2) is 4.79 Å². The minimum atomic E-state index is -0.388. The number of quaternary nitrogens is 1. The van der Waals surface area contributed by atoms with Crippen molar-refractivity contribution in [2.75, 3.05) is 19.7 Å². The molecule has 2 heterocycles. The molecule has 0 spiro atoms. The van der Waals surface area contributed by atoms with Gasteiger partial charge < -0.3 is 24.0 Å². The average Bonchev–Trinajstić information content (AvgIpc) is 3.08. The highest BCUT2D eigenvalue weighted by Crippen LogP contribution is 2.39. The van der Waals surface area contributed by atoms with Crippen LogP contribution in [0.15, 0.2) is 40.9 Å². The van der Waals surface area contributed by atoms with Gasteiger partial charge in [-0.1, -0.05) is 18.2 Å². The van der Waals surface area contributed by atoms with Crippen LogP contribution in [-0.4, -0.2) is 35.3 Å². The molecule has 32 heavy (non-hydrogen) atoms. The summed E-state index contributed by atoms with van der Waals surface area (Å²) >= 11 is 3.52. The fraction of sp³-hybridized carbons (Fsp3) is 0.400. The van der Waals surface area contributed by atoms with E-state index in [4.69, 9.17) is 9.47 Å². The van der Waals surface area contributed by atoms with Gasteiger partial charge in [0.2, 0.25) is 0 Å². The number of rotatable bonds is 7. The standard InChI is InChI=1S/C25H29BrN2O4/c1-3-31-25(30)23-21(16-32-17-10-6-4-7-11-17)27(2)20-14-19(26)24(29)18(22(20)23)15-28-12-8-5-9-13-28/h4,6-7,10-11,14,29H,3,5,8-9,12-13,15-16H2,1-2H3/p+1. The molecule has 0 radical (unpaired) electrons. The molecule has 1 aromatic heterocycles. The maximum atomic E-state index is 13.2. The first-order chi connectivity index (χ1) is 15.5. The Hall–Kier alpha value is -2.51. The third-order valence-corrected chi connectivity index (χ3v) is 6.83. The predicted molar refractivity (Wildman–Crippen MR) is 127 cm³/mol. The van der Waals surface area contributed by atoms with Gasteiger partial charge in [-0.2, -0.15) is 0 Å². The normalized spacial score (nSPS) is 14.6. The summed E-state index contributed by atoms with van der Waals surface area (Å²) in [6.07, 6.45) is 3.62. The number of carbonyl (C=O) groups excluding carboxylic acids is 1. The summed E-state index contributed by atoms with van der Waals surface area (Å²) in [4.78, 5) is 14.6. The molecule has 0 aliphatic carbocycles. The van der Waals surface area contributed by atoms with Crippen LogP contribution in [0.1, 0.15) is 47.8 Å². The van der Waals surface area contributed by atoms with E-state index in [9.17, 15) is 9.90 Å². The number of hydrogen-bond acceptors (Lipinski definition) is 4. The van der Waals surface area contributed by atoms with Gasteiger partial charge in [0.1, 0.15) is 24.7 Å². The van der Waals surface area contributed by atoms with Crippen LogP contribution in [0.3, 0.4) is 0 Å². The highest BCUT2D eigenvalue weighted by atomic mass is 79.9. The smallest absolute Gasteiger partial charge is 0.340 e. The second-order valence-corrected chi connectivity index (χ2v) is 9.12. The molecule has 0 atom stereocenters. The van der Waals surface area contributed by atoms with Crippen molar-refractivity contribution in [1.29, 1.82) is 0 Å². The predicted octanol–water partition coefficient (Wildman–Crippen LogP) is 3.97. The van der Waals surface area contributed by atoms with Crippen molar-refractivity contribution < 1.29 is 24.3 Å². The van der Waals surface area contributed by atoms with Crippen molar-refractivity contribution in [2.45, 2.75) is 39.3 Å². The number of hydrogen-bond donors (Lipinski definition) is 2. The van der Waals surface area contributed by atoms with E-state index in [1.54, 1.807) is 6.92 Å². The third-order valence-electron chi connectivity index (χ3n) is 6.22. The highest BCUT2D eigenvalue weighted by Gasteiger charge is 2.29. The van der Waals surface area contributed by atoms with Gasteiger partial charge >= 0.3 is 5.97 Å². The quantitative estimate of drug-likeness (QED) is 0.480. The highest BCUT2D eigenvalue weighted by molar-refractivity contribution is 9.10. The molecule has 3 aromatic rings. The number of ether oxygens (including phenoxy) is 2. The monoisotopic (exact) mass is 501 g/mol. The SMILES string of the molecule is CCOC(=O)c1c(COc2ccccc2)n(C)c2cc(Br)c(O)c(C[NH+]3CCCCC3)c12. The van der Waals surface area contributed by atoms with Crippen molar-refractivity contribution in [3.05, 3.63) is 57.7 Å². The lowest BCUT2D eigenvalue weighted by Crippen LogP contribution is -3.11. The van der Waals surface area contributed by atoms with Gasteiger partial charge in [0.15, 0.2) is 0 Å². The molecule has 0 amide bonds. The molecule has 1 aliphatic heterocycles. The Morgan fingerprint density at radius 3 is 2.59 bits per heavy atom. The molecule has 6 nitrogen and oxygen atoms in total. The summed E-state index contributed by atoms with van der Waals surface area (Å²) in [6, 6.07) is 11.4. The number of fused-ring (bicyclic) bond motifs is 1. The number of likely N-dealkylation sites (tertiary alicyclic amines) is 1. The van der Waals surface area contributed by atoms with Crippen molar-refractivity contribution >= 4 is 32.8 Å². The van der Waals surface area contributed by atoms with E-state index in [-0.39, 0.29) is 24.9 Å². The number of aromatic hydroxyl groups is 1. The minimum absolute atomic E-state index is 0.197. The van der Waals surface area contributed by atoms with Crippen LogP contribution in [0.25, 0.3) is 10.9 Å². The van der Waals surface area contributed by atoms with Gasteiger partial charge in [-0.15, -0.1) is 0 Å². The molecule has 1 aliphatic rings. The van der Waals surface area contributed by atoms with Crippen LogP contribution in [0, 0.1) is 0 Å². The maximum absolute atomic E-state index is 13.2. The molecule has 2 N–H and O–H groups in total. The lowest BCUT2D eigenvalue weighted by molar-refractivity contribution is -0.918. The van der Waals surface area contributed by atoms with Gasteiger partial charge in [-0.3, -0.25) is 0 Å². The zero-order valence-corrected chi connectivity index (χ0v) is 20.2. The molecule has 0 unspecified atom stereocenters. The third kappa shape index (κ3) is 4.50. The van der Waals surface area contributed by atoms with E-state index < -0.39 is 0 Å². The van der Waals surface area contributed by atoms with Gasteiger partial charge in [0.25, 0.3) is 0 Å². The van der Waals surface area contributed by atoms with Gasteiger partial charge in [-0.05, 0) is 60.3 Å². The zero-order chi connectivity index (χ0) is 22.7. The average molecular weight is 502 g/mol. The van der Waals surface area contributed by atoms with E-state index >= 15 is 0 Å². The van der Waals surface area contributed by atoms with E-state index in [1.807, 2.05) is 48.0 Å². The Bertz CT molecular complexity index is 1100. The van der Waals surface area contributed by atoms with Crippen LogP contribution < -0.4 is 9.64 Å². The number of aryl methyl sites for hydroxylation is 1. The van der Waals surface area contributed by atoms with Crippen LogP contribution >= 0.6 is 15.9 Å². The minimum Gasteiger partial charge on any atom is -0.506 e. The van der Waals surface area contributed by atoms with E-state index in [1.165, 1.54) is 24.2 Å². The second kappa shape index (κ2) is 9.96. The lowest BCUT2D eigenvalue weighted by atomic mass is 10.0. The number of nitrogens with one attached hydrogen (secondary N) is 1. The summed E-state index contributed by atoms with van der Waals surface area (Å²) in [6.45, 7) is 5.10. The van der Waals surface area contributed by atoms with Gasteiger partial charge in [0, 0.05) is 12.4 Å². The molecular weight excluding hydrogens is 472 g/mol. The van der Waals surface area contributed by atoms with Crippen LogP contribution in [-0.2, 0) is 24.9 Å². The molecule has 4 rings (SSSR count). The summed E-state index contributed by atoms with van der Waals surface area (Å²) in [5.74, 6) is 0.540. The largest absolute Gasteiger partial charge is 0.506 e. The van der Waals surface area contributed by atoms with Gasteiger partial charge in [0.05, 0.1) is 46.5 Å². The molecule has 0 bridgehead atoms. The Morgan fingerprint density at radius 2 is 1.91 bits per heavy atom. The molecule has 2 aromatic carbocycles. The molecule has 1 fully saturated rings. The van der Waals surface area contributed by atoms with E-state index in [2.05, 4.69) is 15.9 Å². The number of para-hydroxylation sites is 1. The Balaban J connectivity index is 1.85. The number of esters is 1. The molecule has 7 heteroatoms. The van der Waals surface area contributed by atoms with Crippen LogP contribution in [0.4, 0.5) is 0 Å². The molecule has 1 saturated heterocycles. The lowest BCUT2D eigenvalue weighted by Gasteiger charge is -2.24. The first kappa shape index (κ1) is 22.7. The Morgan fingerprint density at radius 1 is 1.19 bits per heavy atom. The maximum Gasteiger partial charge on any atom is 0.340 e. The summed E-state index contributed by atoms with van der Waals surface area (Å²) in [5.41, 5.74) is 2.87. The zero-order valence-electron chi connectivity index (χ0n) is 18.6. The Labute approximate surface area is 196 Å². The van der Waals surface area contributed by atoms with E-state index in [0.29, 0.717) is 16.6 Å². The molecule has 0 saturated carbocycles. The molecular formula is C25H30BrN2O4+. The van der Waals surface area contributed by atoms with Crippen molar-refractivity contribution in [3.8, 4) is 11.5 Å². The Kier molecular flexibility index (Phi) is 7.06. The topological polar surface area (TPSA) is 65.1 Å². The fourth-order valence-corrected chi connectivity index (χ4v) is 5.05. The summed E-state index contributed by atoms with van der Waals surface area (Å²) in [7, 11) is 1.93. The second-order valence-electron chi connectivity index (χ2n) is 8.27. The number of benzene rings is 2. The first-order valence-electron chi connectivity index (χ1n) is 11.2. The number of phenolic OH excluding ortho intramolecular Hbond substituents is 1. The van der Waals surface area contributed by atoms with Crippen molar-refractivity contribution in [2.24, 2.45) is 7.05 Å². The molecule has 170 valence electrons. The van der Waals surface area contributed by atoms with Crippen LogP contribution in [0.5, 0.6) is 11.5 Å². The first-order valence-corrected chi connectivity index (χ1v) is 12.0. The van der Waals surface area contributed by atoms with Crippen molar-refractivity contribution in [1.82, 2.24) is 4.57 Å². The summed E-state index contributed by atoms with van der Waals surface area (Å²) < 4.78 is 14.1. The fourth-order valence-electron chi connectivity index (χ4n) is 4.59. The van der Waals surface area contributed by atoms with Crippen molar-refractivity contribution in [3.63, 3.8) is 0 Å².